The third-order valence-electron chi connectivity index (χ3n) is 5.79. The molecule has 0 N–H and O–H groups in total. The van der Waals surface area contributed by atoms with Gasteiger partial charge in [-0.3, -0.25) is 19.4 Å². The maximum absolute atomic E-state index is 13.3. The molecule has 2 amide bonds. The quantitative estimate of drug-likeness (QED) is 0.532. The van der Waals surface area contributed by atoms with Gasteiger partial charge in [-0.1, -0.05) is 18.2 Å². The summed E-state index contributed by atoms with van der Waals surface area (Å²) in [5, 5.41) is 0.289. The fraction of sp³-hybridized carbons (Fsp3) is 0.500. The average Bonchev–Trinajstić information content (AvgIpc) is 2.63. The molecule has 6 heteroatoms. The topological polar surface area (TPSA) is 43.9 Å². The summed E-state index contributed by atoms with van der Waals surface area (Å²) in [6.45, 7) is 0.891. The molecule has 1 aromatic rings. The van der Waals surface area contributed by atoms with Crippen LogP contribution in [0.2, 0.25) is 0 Å². The SMILES string of the molecule is CN1C(=O)C2(Cc3ccccc3N3CCCCC32)C(=O)N(C)C1=S. The van der Waals surface area contributed by atoms with Crippen molar-refractivity contribution in [3.05, 3.63) is 29.8 Å². The Morgan fingerprint density at radius 2 is 1.75 bits per heavy atom. The van der Waals surface area contributed by atoms with Gasteiger partial charge in [0.15, 0.2) is 10.5 Å². The lowest BCUT2D eigenvalue weighted by atomic mass is 9.66. The molecule has 2 saturated heterocycles. The van der Waals surface area contributed by atoms with Gasteiger partial charge in [0.25, 0.3) is 0 Å². The van der Waals surface area contributed by atoms with E-state index in [1.165, 1.54) is 15.5 Å². The molecule has 0 aromatic heterocycles. The van der Waals surface area contributed by atoms with Crippen LogP contribution in [0, 0.1) is 5.41 Å². The molecule has 2 fully saturated rings. The number of thiocarbonyl (C=S) groups is 1. The summed E-state index contributed by atoms with van der Waals surface area (Å²) in [5.41, 5.74) is 1.19. The summed E-state index contributed by atoms with van der Waals surface area (Å²) in [7, 11) is 3.37. The van der Waals surface area contributed by atoms with Gasteiger partial charge in [0.2, 0.25) is 11.8 Å². The Kier molecular flexibility index (Phi) is 3.42. The van der Waals surface area contributed by atoms with Crippen LogP contribution in [0.3, 0.4) is 0 Å². The first-order valence-electron chi connectivity index (χ1n) is 8.43. The first-order valence-corrected chi connectivity index (χ1v) is 8.84. The largest absolute Gasteiger partial charge is 0.367 e. The number of para-hydroxylation sites is 1. The molecule has 3 aliphatic heterocycles. The van der Waals surface area contributed by atoms with E-state index in [1.54, 1.807) is 14.1 Å². The highest BCUT2D eigenvalue weighted by molar-refractivity contribution is 7.80. The molecule has 0 radical (unpaired) electrons. The number of nitrogens with zero attached hydrogens (tertiary/aromatic N) is 3. The zero-order valence-electron chi connectivity index (χ0n) is 14.0. The van der Waals surface area contributed by atoms with Gasteiger partial charge in [-0.05, 0) is 49.5 Å². The minimum absolute atomic E-state index is 0.0888. The van der Waals surface area contributed by atoms with E-state index in [1.807, 2.05) is 18.2 Å². The van der Waals surface area contributed by atoms with Gasteiger partial charge in [-0.15, -0.1) is 0 Å². The Morgan fingerprint density at radius 1 is 1.08 bits per heavy atom. The Bertz CT molecular complexity index is 724. The van der Waals surface area contributed by atoms with Crippen LogP contribution in [0.4, 0.5) is 5.69 Å². The number of anilines is 1. The molecule has 1 unspecified atom stereocenters. The predicted octanol–water partition coefficient (Wildman–Crippen LogP) is 1.80. The second kappa shape index (κ2) is 5.28. The maximum Gasteiger partial charge on any atom is 0.246 e. The monoisotopic (exact) mass is 343 g/mol. The van der Waals surface area contributed by atoms with E-state index in [0.717, 1.165) is 31.4 Å². The van der Waals surface area contributed by atoms with Crippen molar-refractivity contribution in [2.45, 2.75) is 31.7 Å². The fourth-order valence-electron chi connectivity index (χ4n) is 4.62. The normalized spacial score (nSPS) is 25.8. The Labute approximate surface area is 147 Å². The Morgan fingerprint density at radius 3 is 2.46 bits per heavy atom. The first-order chi connectivity index (χ1) is 11.5. The van der Waals surface area contributed by atoms with E-state index < -0.39 is 5.41 Å². The van der Waals surface area contributed by atoms with Crippen molar-refractivity contribution in [2.24, 2.45) is 5.41 Å². The van der Waals surface area contributed by atoms with Gasteiger partial charge in [-0.2, -0.15) is 0 Å². The van der Waals surface area contributed by atoms with Crippen molar-refractivity contribution in [3.8, 4) is 0 Å². The highest BCUT2D eigenvalue weighted by Gasteiger charge is 2.62. The molecule has 5 nitrogen and oxygen atoms in total. The van der Waals surface area contributed by atoms with Crippen LogP contribution < -0.4 is 4.90 Å². The van der Waals surface area contributed by atoms with Crippen LogP contribution in [-0.2, 0) is 16.0 Å². The number of hydrogen-bond acceptors (Lipinski definition) is 4. The second-order valence-corrected chi connectivity index (χ2v) is 7.36. The zero-order valence-corrected chi connectivity index (χ0v) is 14.8. The van der Waals surface area contributed by atoms with Crippen LogP contribution in [-0.4, -0.2) is 53.4 Å². The summed E-state index contributed by atoms with van der Waals surface area (Å²) in [6.07, 6.45) is 3.45. The number of rotatable bonds is 0. The van der Waals surface area contributed by atoms with Gasteiger partial charge in [-0.25, -0.2) is 0 Å². The number of benzene rings is 1. The standard InChI is InChI=1S/C18H21N3O2S/c1-19-15(22)18(16(23)20(2)17(19)24)11-12-7-3-4-8-13(12)21-10-6-5-9-14(18)21/h3-4,7-8,14H,5-6,9-11H2,1-2H3. The summed E-state index contributed by atoms with van der Waals surface area (Å²) in [5.74, 6) is -0.302. The number of piperidine rings is 1. The lowest BCUT2D eigenvalue weighted by Crippen LogP contribution is -2.72. The van der Waals surface area contributed by atoms with Gasteiger partial charge < -0.3 is 4.90 Å². The van der Waals surface area contributed by atoms with E-state index in [2.05, 4.69) is 11.0 Å². The Balaban J connectivity index is 1.91. The molecule has 3 heterocycles. The summed E-state index contributed by atoms with van der Waals surface area (Å²) < 4.78 is 0. The summed E-state index contributed by atoms with van der Waals surface area (Å²) >= 11 is 5.28. The molecular weight excluding hydrogens is 322 g/mol. The fourth-order valence-corrected chi connectivity index (χ4v) is 4.78. The highest BCUT2D eigenvalue weighted by atomic mass is 32.1. The zero-order chi connectivity index (χ0) is 17.1. The highest BCUT2D eigenvalue weighted by Crippen LogP contribution is 2.48. The second-order valence-electron chi connectivity index (χ2n) is 6.99. The smallest absolute Gasteiger partial charge is 0.246 e. The van der Waals surface area contributed by atoms with E-state index in [9.17, 15) is 9.59 Å². The van der Waals surface area contributed by atoms with Crippen LogP contribution in [0.5, 0.6) is 0 Å². The molecule has 24 heavy (non-hydrogen) atoms. The number of amides is 2. The number of carbonyl (C=O) groups excluding carboxylic acids is 2. The third-order valence-corrected chi connectivity index (χ3v) is 6.34. The van der Waals surface area contributed by atoms with Crippen molar-refractivity contribution in [2.75, 3.05) is 25.5 Å². The van der Waals surface area contributed by atoms with E-state index in [-0.39, 0.29) is 23.0 Å². The van der Waals surface area contributed by atoms with Crippen LogP contribution in [0.1, 0.15) is 24.8 Å². The van der Waals surface area contributed by atoms with Crippen molar-refractivity contribution < 1.29 is 9.59 Å². The molecule has 0 aliphatic carbocycles. The van der Waals surface area contributed by atoms with Gasteiger partial charge >= 0.3 is 0 Å². The number of fused-ring (bicyclic) bond motifs is 4. The Hall–Kier alpha value is -1.95. The van der Waals surface area contributed by atoms with Crippen LogP contribution in [0.15, 0.2) is 24.3 Å². The number of carbonyl (C=O) groups is 2. The van der Waals surface area contributed by atoms with Gasteiger partial charge in [0, 0.05) is 26.3 Å². The van der Waals surface area contributed by atoms with Crippen molar-refractivity contribution in [3.63, 3.8) is 0 Å². The lowest BCUT2D eigenvalue weighted by molar-refractivity contribution is -0.157. The molecule has 1 aromatic carbocycles. The molecule has 126 valence electrons. The van der Waals surface area contributed by atoms with Gasteiger partial charge in [0.1, 0.15) is 0 Å². The van der Waals surface area contributed by atoms with Crippen LogP contribution >= 0.6 is 12.2 Å². The number of hydrogen-bond donors (Lipinski definition) is 0. The predicted molar refractivity (Wildman–Crippen MR) is 95.7 cm³/mol. The van der Waals surface area contributed by atoms with Crippen LogP contribution in [0.25, 0.3) is 0 Å². The third kappa shape index (κ3) is 1.83. The molecule has 1 spiro atoms. The van der Waals surface area contributed by atoms with E-state index in [0.29, 0.717) is 6.42 Å². The van der Waals surface area contributed by atoms with Gasteiger partial charge in [0.05, 0.1) is 6.04 Å². The maximum atomic E-state index is 13.3. The summed E-state index contributed by atoms with van der Waals surface area (Å²) in [6, 6.07) is 8.06. The molecule has 3 aliphatic rings. The minimum Gasteiger partial charge on any atom is -0.367 e. The van der Waals surface area contributed by atoms with Crippen molar-refractivity contribution in [1.82, 2.24) is 9.80 Å². The summed E-state index contributed by atoms with van der Waals surface area (Å²) in [4.78, 5) is 31.8. The first kappa shape index (κ1) is 15.6. The van der Waals surface area contributed by atoms with E-state index >= 15 is 0 Å². The average molecular weight is 343 g/mol. The minimum atomic E-state index is -1.05. The van der Waals surface area contributed by atoms with E-state index in [4.69, 9.17) is 12.2 Å². The lowest BCUT2D eigenvalue weighted by Gasteiger charge is -2.55. The molecule has 0 bridgehead atoms. The molecule has 4 rings (SSSR count). The van der Waals surface area contributed by atoms with Crippen molar-refractivity contribution in [1.29, 1.82) is 0 Å². The molecular formula is C18H21N3O2S. The molecule has 1 atom stereocenters. The van der Waals surface area contributed by atoms with Crippen molar-refractivity contribution >= 4 is 34.8 Å². The molecule has 0 saturated carbocycles.